The van der Waals surface area contributed by atoms with Gasteiger partial charge >= 0.3 is 0 Å². The van der Waals surface area contributed by atoms with Crippen LogP contribution in [0.15, 0.2) is 36.9 Å². The Morgan fingerprint density at radius 2 is 1.95 bits per heavy atom. The number of nitro groups is 1. The molecule has 0 bridgehead atoms. The maximum atomic E-state index is 11.9. The number of aromatic nitrogens is 4. The molecule has 6 N–H and O–H groups in total. The minimum atomic E-state index is -1.19. The van der Waals surface area contributed by atoms with E-state index in [-0.39, 0.29) is 11.6 Å². The molecule has 1 saturated heterocycles. The Hall–Kier alpha value is -3.37. The number of non-ortho nitro benzene ring substituents is 1. The number of hydrogen-bond donors (Lipinski definition) is 5. The second-order valence-electron chi connectivity index (χ2n) is 9.39. The fourth-order valence-electron chi connectivity index (χ4n) is 4.34. The Balaban J connectivity index is 1.29. The van der Waals surface area contributed by atoms with Crippen molar-refractivity contribution in [2.75, 3.05) is 29.9 Å². The highest BCUT2D eigenvalue weighted by Crippen LogP contribution is 2.33. The zero-order chi connectivity index (χ0) is 28.5. The Kier molecular flexibility index (Phi) is 10.6. The smallest absolute Gasteiger partial charge is 0.269 e. The maximum absolute atomic E-state index is 11.9. The molecule has 1 aliphatic rings. The quantitative estimate of drug-likeness (QED) is 0.0991. The van der Waals surface area contributed by atoms with Gasteiger partial charge in [-0.2, -0.15) is 11.8 Å². The fraction of sp³-hybridized carbons (Fsp3) is 0.520. The molecule has 1 aromatic carbocycles. The van der Waals surface area contributed by atoms with E-state index in [1.165, 1.54) is 36.5 Å². The summed E-state index contributed by atoms with van der Waals surface area (Å²) in [4.78, 5) is 35.2. The number of benzene rings is 1. The number of aliphatic hydroxyl groups is 2. The second-order valence-corrected chi connectivity index (χ2v) is 10.5. The summed E-state index contributed by atoms with van der Waals surface area (Å²) in [5, 5.41) is 38.3. The molecule has 2 aromatic heterocycles. The lowest BCUT2D eigenvalue weighted by Gasteiger charge is -2.16. The third-order valence-electron chi connectivity index (χ3n) is 6.54. The van der Waals surface area contributed by atoms with Crippen molar-refractivity contribution >= 4 is 40.3 Å². The number of rotatable bonds is 15. The molecule has 14 nitrogen and oxygen atoms in total. The summed E-state index contributed by atoms with van der Waals surface area (Å²) < 4.78 is 7.58. The summed E-state index contributed by atoms with van der Waals surface area (Å²) >= 11 is 1.52. The number of unbranched alkanes of at least 4 members (excludes halogenated alkanes) is 2. The van der Waals surface area contributed by atoms with Gasteiger partial charge in [0.15, 0.2) is 23.2 Å². The molecule has 0 aliphatic carbocycles. The highest BCUT2D eigenvalue weighted by molar-refractivity contribution is 7.99. The molecule has 1 amide bonds. The highest BCUT2D eigenvalue weighted by Gasteiger charge is 2.44. The van der Waals surface area contributed by atoms with Gasteiger partial charge in [0, 0.05) is 43.1 Å². The molecule has 1 aliphatic heterocycles. The van der Waals surface area contributed by atoms with E-state index in [4.69, 9.17) is 10.5 Å². The lowest BCUT2D eigenvalue weighted by atomic mass is 10.1. The summed E-state index contributed by atoms with van der Waals surface area (Å²) in [6.07, 6.45) is 2.21. The maximum Gasteiger partial charge on any atom is 0.269 e. The number of hydrogen-bond acceptors (Lipinski definition) is 12. The molecule has 3 heterocycles. The Morgan fingerprint density at radius 3 is 2.70 bits per heavy atom. The molecule has 15 heteroatoms. The number of carbonyl (C=O) groups is 1. The van der Waals surface area contributed by atoms with Crippen LogP contribution < -0.4 is 16.4 Å². The van der Waals surface area contributed by atoms with Crippen molar-refractivity contribution in [3.63, 3.8) is 0 Å². The summed E-state index contributed by atoms with van der Waals surface area (Å²) in [5.74, 6) is 1.54. The third kappa shape index (κ3) is 7.42. The Bertz CT molecular complexity index is 1280. The van der Waals surface area contributed by atoms with Crippen molar-refractivity contribution in [2.24, 2.45) is 5.73 Å². The second kappa shape index (κ2) is 14.3. The predicted molar refractivity (Wildman–Crippen MR) is 150 cm³/mol. The van der Waals surface area contributed by atoms with E-state index >= 15 is 0 Å². The van der Waals surface area contributed by atoms with Gasteiger partial charge in [-0.3, -0.25) is 19.5 Å². The van der Waals surface area contributed by atoms with E-state index < -0.39 is 29.5 Å². The van der Waals surface area contributed by atoms with Crippen LogP contribution in [0.3, 0.4) is 0 Å². The predicted octanol–water partition coefficient (Wildman–Crippen LogP) is 1.33. The van der Waals surface area contributed by atoms with E-state index in [1.807, 2.05) is 0 Å². The third-order valence-corrected chi connectivity index (χ3v) is 7.59. The van der Waals surface area contributed by atoms with Crippen molar-refractivity contribution in [3.05, 3.63) is 52.6 Å². The number of ether oxygens (including phenoxy) is 1. The van der Waals surface area contributed by atoms with Gasteiger partial charge in [-0.25, -0.2) is 15.0 Å². The van der Waals surface area contributed by atoms with Gasteiger partial charge in [0.1, 0.15) is 18.5 Å². The Morgan fingerprint density at radius 1 is 1.15 bits per heavy atom. The Labute approximate surface area is 234 Å². The van der Waals surface area contributed by atoms with Crippen molar-refractivity contribution in [3.8, 4) is 0 Å². The van der Waals surface area contributed by atoms with Crippen LogP contribution >= 0.6 is 11.8 Å². The van der Waals surface area contributed by atoms with E-state index in [1.54, 1.807) is 16.7 Å². The lowest BCUT2D eigenvalue weighted by Crippen LogP contribution is -2.33. The number of amides is 1. The average Bonchev–Trinajstić information content (AvgIpc) is 3.51. The van der Waals surface area contributed by atoms with Gasteiger partial charge in [-0.1, -0.05) is 18.6 Å². The standard InChI is InChI=1S/C25H34N8O6S/c26-9-3-1-2-4-19(34)27-10-11-40-13-18-21(35)22(36)25(39-18)32-15-31-20-23(29-14-30-24(20)32)28-12-16-5-7-17(8-6-16)33(37)38/h5-8,14-15,18,21-22,25,35-36H,1-4,9-13,26H2,(H,27,34)(H,28,29,30)/t18-,21-,22-,25-/m1/s1. The fourth-order valence-corrected chi connectivity index (χ4v) is 5.26. The van der Waals surface area contributed by atoms with E-state index in [2.05, 4.69) is 25.6 Å². The monoisotopic (exact) mass is 574 g/mol. The minimum Gasteiger partial charge on any atom is -0.387 e. The summed E-state index contributed by atoms with van der Waals surface area (Å²) in [6.45, 7) is 1.50. The van der Waals surface area contributed by atoms with Crippen molar-refractivity contribution in [1.82, 2.24) is 24.8 Å². The van der Waals surface area contributed by atoms with Crippen LogP contribution in [0, 0.1) is 10.1 Å². The van der Waals surface area contributed by atoms with Gasteiger partial charge in [-0.05, 0) is 24.9 Å². The molecule has 0 saturated carbocycles. The zero-order valence-electron chi connectivity index (χ0n) is 21.9. The molecular weight excluding hydrogens is 540 g/mol. The highest BCUT2D eigenvalue weighted by atomic mass is 32.2. The van der Waals surface area contributed by atoms with Gasteiger partial charge < -0.3 is 31.3 Å². The van der Waals surface area contributed by atoms with Crippen LogP contribution in [0.5, 0.6) is 0 Å². The normalized spacial score (nSPS) is 20.6. The molecule has 1 fully saturated rings. The van der Waals surface area contributed by atoms with Crippen molar-refractivity contribution in [2.45, 2.75) is 56.8 Å². The number of thioether (sulfide) groups is 1. The lowest BCUT2D eigenvalue weighted by molar-refractivity contribution is -0.384. The summed E-state index contributed by atoms with van der Waals surface area (Å²) in [5.41, 5.74) is 7.16. The van der Waals surface area contributed by atoms with Crippen LogP contribution in [0.25, 0.3) is 11.2 Å². The van der Waals surface area contributed by atoms with Gasteiger partial charge in [0.05, 0.1) is 17.4 Å². The van der Waals surface area contributed by atoms with Crippen LogP contribution in [0.4, 0.5) is 11.5 Å². The van der Waals surface area contributed by atoms with Crippen molar-refractivity contribution in [1.29, 1.82) is 0 Å². The molecule has 3 aromatic rings. The molecule has 0 radical (unpaired) electrons. The average molecular weight is 575 g/mol. The molecule has 0 spiro atoms. The van der Waals surface area contributed by atoms with E-state index in [9.17, 15) is 25.1 Å². The minimum absolute atomic E-state index is 0.0115. The molecule has 40 heavy (non-hydrogen) atoms. The number of nitrogens with zero attached hydrogens (tertiary/aromatic N) is 5. The van der Waals surface area contributed by atoms with Gasteiger partial charge in [0.25, 0.3) is 5.69 Å². The van der Waals surface area contributed by atoms with Crippen LogP contribution in [0.1, 0.15) is 37.5 Å². The molecule has 0 unspecified atom stereocenters. The van der Waals surface area contributed by atoms with Crippen molar-refractivity contribution < 1.29 is 24.7 Å². The number of nitrogens with two attached hydrogens (primary N) is 1. The molecule has 216 valence electrons. The van der Waals surface area contributed by atoms with E-state index in [0.717, 1.165) is 24.8 Å². The van der Waals surface area contributed by atoms with Crippen LogP contribution in [-0.2, 0) is 16.1 Å². The number of aliphatic hydroxyl groups excluding tert-OH is 2. The zero-order valence-corrected chi connectivity index (χ0v) is 22.7. The van der Waals surface area contributed by atoms with Crippen LogP contribution in [-0.4, -0.2) is 83.5 Å². The molecule has 4 atom stereocenters. The number of nitrogens with one attached hydrogen (secondary N) is 2. The number of fused-ring (bicyclic) bond motifs is 1. The SMILES string of the molecule is NCCCCCC(=O)NCCSC[C@H]1O[C@@H](n2cnc3c(NCc4ccc([N+](=O)[O-])cc4)ncnc32)[C@H](O)[C@@H]1O. The van der Waals surface area contributed by atoms with Crippen LogP contribution in [0.2, 0.25) is 0 Å². The molecule has 4 rings (SSSR count). The first-order valence-electron chi connectivity index (χ1n) is 13.1. The number of nitro benzene ring substituents is 1. The largest absolute Gasteiger partial charge is 0.387 e. The first-order valence-corrected chi connectivity index (χ1v) is 14.3. The number of anilines is 1. The van der Waals surface area contributed by atoms with Gasteiger partial charge in [-0.15, -0.1) is 0 Å². The van der Waals surface area contributed by atoms with E-state index in [0.29, 0.717) is 54.5 Å². The first kappa shape index (κ1) is 29.6. The number of carbonyl (C=O) groups excluding carboxylic acids is 1. The topological polar surface area (TPSA) is 204 Å². The summed E-state index contributed by atoms with van der Waals surface area (Å²) in [7, 11) is 0. The number of imidazole rings is 1. The summed E-state index contributed by atoms with van der Waals surface area (Å²) in [6, 6.07) is 6.18. The molecular formula is C25H34N8O6S. The first-order chi connectivity index (χ1) is 19.4. The van der Waals surface area contributed by atoms with Gasteiger partial charge in [0.2, 0.25) is 5.91 Å².